The summed E-state index contributed by atoms with van der Waals surface area (Å²) in [6.07, 6.45) is 6.23. The van der Waals surface area contributed by atoms with Crippen LogP contribution in [0.4, 0.5) is 0 Å². The van der Waals surface area contributed by atoms with Crippen LogP contribution < -0.4 is 4.74 Å². The van der Waals surface area contributed by atoms with Crippen LogP contribution in [-0.4, -0.2) is 38.8 Å². The number of methoxy groups -OCH3 is 1. The molecule has 1 amide bonds. The lowest BCUT2D eigenvalue weighted by atomic mass is 9.96. The van der Waals surface area contributed by atoms with Crippen molar-refractivity contribution in [3.05, 3.63) is 95.6 Å². The number of aliphatic hydroxyl groups is 1. The third kappa shape index (κ3) is 3.53. The lowest BCUT2D eigenvalue weighted by Gasteiger charge is -2.25. The van der Waals surface area contributed by atoms with E-state index in [2.05, 4.69) is 9.97 Å². The zero-order valence-corrected chi connectivity index (χ0v) is 16.2. The van der Waals surface area contributed by atoms with Crippen molar-refractivity contribution < 1.29 is 19.4 Å². The molecule has 150 valence electrons. The van der Waals surface area contributed by atoms with Crippen molar-refractivity contribution >= 4 is 17.4 Å². The highest BCUT2D eigenvalue weighted by Gasteiger charge is 2.46. The molecule has 7 nitrogen and oxygen atoms in total. The Morgan fingerprint density at radius 2 is 1.87 bits per heavy atom. The maximum Gasteiger partial charge on any atom is 0.295 e. The second-order valence-corrected chi connectivity index (χ2v) is 6.80. The molecule has 3 aromatic rings. The van der Waals surface area contributed by atoms with Crippen LogP contribution in [0, 0.1) is 0 Å². The van der Waals surface area contributed by atoms with E-state index in [1.165, 1.54) is 17.3 Å². The number of carbonyl (C=O) groups is 2. The molecule has 2 aromatic heterocycles. The largest absolute Gasteiger partial charge is 0.507 e. The van der Waals surface area contributed by atoms with Gasteiger partial charge in [0.25, 0.3) is 11.7 Å². The number of ketones is 1. The standard InChI is InChI=1S/C23H19N3O4/c1-30-18-6-2-4-15(12-18)14-26-20(17-5-3-9-25-13-17)19(22(28)23(26)29)21(27)16-7-10-24-11-8-16/h2-13,20,27H,14H2,1H3/b21-19-. The van der Waals surface area contributed by atoms with E-state index in [1.807, 2.05) is 18.2 Å². The highest BCUT2D eigenvalue weighted by atomic mass is 16.5. The summed E-state index contributed by atoms with van der Waals surface area (Å²) in [5.41, 5.74) is 1.88. The van der Waals surface area contributed by atoms with Crippen molar-refractivity contribution in [2.75, 3.05) is 7.11 Å². The normalized spacial score (nSPS) is 17.9. The molecule has 1 saturated heterocycles. The Morgan fingerprint density at radius 1 is 1.07 bits per heavy atom. The first-order valence-corrected chi connectivity index (χ1v) is 9.32. The van der Waals surface area contributed by atoms with E-state index in [1.54, 1.807) is 49.8 Å². The van der Waals surface area contributed by atoms with Gasteiger partial charge in [-0.2, -0.15) is 0 Å². The van der Waals surface area contributed by atoms with Gasteiger partial charge in [-0.15, -0.1) is 0 Å². The van der Waals surface area contributed by atoms with Gasteiger partial charge in [0.05, 0.1) is 18.7 Å². The Morgan fingerprint density at radius 3 is 2.57 bits per heavy atom. The lowest BCUT2D eigenvalue weighted by Crippen LogP contribution is -2.29. The quantitative estimate of drug-likeness (QED) is 0.401. The first-order valence-electron chi connectivity index (χ1n) is 9.32. The molecular weight excluding hydrogens is 382 g/mol. The third-order valence-electron chi connectivity index (χ3n) is 4.98. The average Bonchev–Trinajstić information content (AvgIpc) is 3.05. The summed E-state index contributed by atoms with van der Waals surface area (Å²) in [7, 11) is 1.57. The zero-order chi connectivity index (χ0) is 21.1. The van der Waals surface area contributed by atoms with E-state index in [-0.39, 0.29) is 17.9 Å². The molecule has 0 radical (unpaired) electrons. The van der Waals surface area contributed by atoms with Crippen LogP contribution in [0.5, 0.6) is 5.75 Å². The molecule has 1 atom stereocenters. The van der Waals surface area contributed by atoms with E-state index in [9.17, 15) is 14.7 Å². The van der Waals surface area contributed by atoms with Gasteiger partial charge in [0.2, 0.25) is 0 Å². The SMILES string of the molecule is COc1cccc(CN2C(=O)C(=O)/C(=C(\O)c3ccncc3)C2c2cccnc2)c1. The van der Waals surface area contributed by atoms with Crippen molar-refractivity contribution in [2.24, 2.45) is 0 Å². The van der Waals surface area contributed by atoms with Gasteiger partial charge in [-0.25, -0.2) is 0 Å². The molecule has 1 fully saturated rings. The number of nitrogens with zero attached hydrogens (tertiary/aromatic N) is 3. The van der Waals surface area contributed by atoms with Gasteiger partial charge in [0.15, 0.2) is 0 Å². The van der Waals surface area contributed by atoms with Crippen LogP contribution in [0.15, 0.2) is 78.9 Å². The minimum absolute atomic E-state index is 0.0297. The second kappa shape index (κ2) is 8.16. The van der Waals surface area contributed by atoms with Gasteiger partial charge < -0.3 is 14.7 Å². The number of hydrogen-bond acceptors (Lipinski definition) is 6. The number of amides is 1. The van der Waals surface area contributed by atoms with Crippen molar-refractivity contribution in [3.63, 3.8) is 0 Å². The maximum absolute atomic E-state index is 13.0. The summed E-state index contributed by atoms with van der Waals surface area (Å²) >= 11 is 0. The minimum atomic E-state index is -0.766. The molecule has 0 spiro atoms. The molecular formula is C23H19N3O4. The summed E-state index contributed by atoms with van der Waals surface area (Å²) in [6.45, 7) is 0.175. The van der Waals surface area contributed by atoms with Crippen LogP contribution in [-0.2, 0) is 16.1 Å². The smallest absolute Gasteiger partial charge is 0.295 e. The van der Waals surface area contributed by atoms with E-state index < -0.39 is 17.7 Å². The van der Waals surface area contributed by atoms with Gasteiger partial charge >= 0.3 is 0 Å². The molecule has 0 aliphatic carbocycles. The summed E-state index contributed by atoms with van der Waals surface area (Å²) in [5.74, 6) is -1.00. The average molecular weight is 401 g/mol. The topological polar surface area (TPSA) is 92.6 Å². The minimum Gasteiger partial charge on any atom is -0.507 e. The monoisotopic (exact) mass is 401 g/mol. The third-order valence-corrected chi connectivity index (χ3v) is 4.98. The van der Waals surface area contributed by atoms with E-state index in [0.717, 1.165) is 5.56 Å². The first kappa shape index (κ1) is 19.3. The summed E-state index contributed by atoms with van der Waals surface area (Å²) in [6, 6.07) is 13.2. The fourth-order valence-corrected chi connectivity index (χ4v) is 3.56. The highest BCUT2D eigenvalue weighted by molar-refractivity contribution is 6.46. The Balaban J connectivity index is 1.83. The van der Waals surface area contributed by atoms with E-state index in [4.69, 9.17) is 4.74 Å². The molecule has 1 N–H and O–H groups in total. The Hall–Kier alpha value is -4.00. The van der Waals surface area contributed by atoms with Gasteiger partial charge in [-0.3, -0.25) is 19.6 Å². The molecule has 1 aliphatic rings. The van der Waals surface area contributed by atoms with Gasteiger partial charge in [-0.1, -0.05) is 18.2 Å². The second-order valence-electron chi connectivity index (χ2n) is 6.80. The number of aromatic nitrogens is 2. The molecule has 1 aromatic carbocycles. The lowest BCUT2D eigenvalue weighted by molar-refractivity contribution is -0.140. The van der Waals surface area contributed by atoms with Crippen LogP contribution >= 0.6 is 0 Å². The van der Waals surface area contributed by atoms with E-state index >= 15 is 0 Å². The number of pyridine rings is 2. The maximum atomic E-state index is 13.0. The number of hydrogen-bond donors (Lipinski definition) is 1. The Labute approximate surface area is 173 Å². The number of ether oxygens (including phenoxy) is 1. The molecule has 30 heavy (non-hydrogen) atoms. The predicted molar refractivity (Wildman–Crippen MR) is 109 cm³/mol. The fourth-order valence-electron chi connectivity index (χ4n) is 3.56. The fraction of sp³-hybridized carbons (Fsp3) is 0.130. The molecule has 0 saturated carbocycles. The molecule has 0 bridgehead atoms. The van der Waals surface area contributed by atoms with Crippen molar-refractivity contribution in [1.82, 2.24) is 14.9 Å². The number of benzene rings is 1. The number of likely N-dealkylation sites (tertiary alicyclic amines) is 1. The molecule has 4 rings (SSSR count). The first-order chi connectivity index (χ1) is 14.6. The van der Waals surface area contributed by atoms with Gasteiger partial charge in [0, 0.05) is 36.9 Å². The van der Waals surface area contributed by atoms with Crippen LogP contribution in [0.1, 0.15) is 22.7 Å². The molecule has 1 aliphatic heterocycles. The Bertz CT molecular complexity index is 1110. The van der Waals surface area contributed by atoms with E-state index in [0.29, 0.717) is 16.9 Å². The molecule has 3 heterocycles. The van der Waals surface area contributed by atoms with Gasteiger partial charge in [-0.05, 0) is 41.5 Å². The highest BCUT2D eigenvalue weighted by Crippen LogP contribution is 2.40. The van der Waals surface area contributed by atoms with Crippen molar-refractivity contribution in [2.45, 2.75) is 12.6 Å². The van der Waals surface area contributed by atoms with Crippen LogP contribution in [0.2, 0.25) is 0 Å². The summed E-state index contributed by atoms with van der Waals surface area (Å²) < 4.78 is 5.26. The molecule has 7 heteroatoms. The summed E-state index contributed by atoms with van der Waals surface area (Å²) in [5, 5.41) is 10.9. The van der Waals surface area contributed by atoms with Crippen LogP contribution in [0.3, 0.4) is 0 Å². The summed E-state index contributed by atoms with van der Waals surface area (Å²) in [4.78, 5) is 35.4. The van der Waals surface area contributed by atoms with Crippen LogP contribution in [0.25, 0.3) is 5.76 Å². The zero-order valence-electron chi connectivity index (χ0n) is 16.2. The Kier molecular flexibility index (Phi) is 5.26. The number of rotatable bonds is 5. The molecule has 1 unspecified atom stereocenters. The number of carbonyl (C=O) groups excluding carboxylic acids is 2. The number of Topliss-reactive ketones (excluding diaryl/α,β-unsaturated/α-hetero) is 1. The van der Waals surface area contributed by atoms with Crippen molar-refractivity contribution in [1.29, 1.82) is 0 Å². The number of aliphatic hydroxyl groups excluding tert-OH is 1. The van der Waals surface area contributed by atoms with Crippen molar-refractivity contribution in [3.8, 4) is 5.75 Å². The van der Waals surface area contributed by atoms with Gasteiger partial charge in [0.1, 0.15) is 11.5 Å². The predicted octanol–water partition coefficient (Wildman–Crippen LogP) is 3.11.